The summed E-state index contributed by atoms with van der Waals surface area (Å²) >= 11 is 0. The number of rotatable bonds is 13. The highest BCUT2D eigenvalue weighted by Gasteiger charge is 2.27. The van der Waals surface area contributed by atoms with Gasteiger partial charge in [0.25, 0.3) is 0 Å². The van der Waals surface area contributed by atoms with Crippen LogP contribution in [-0.4, -0.2) is 24.1 Å². The predicted octanol–water partition coefficient (Wildman–Crippen LogP) is 7.77. The maximum atomic E-state index is 6.04. The van der Waals surface area contributed by atoms with Crippen LogP contribution in [0.3, 0.4) is 0 Å². The number of unbranched alkanes of at least 4 members (excludes halogenated alkanes) is 1. The standard InChI is InChI=1S/C29H39NO/c1-7-11-16-25(9-3)29(28-17-14-13-15-23(28)5)26(21-24(6)31-20-12-8-2)22-30(10-4)27-18-19-27/h7,9-11,13-17,21,27H,1,4,8,12,18-20,22H2,2-3,5-6H3/b16-11-,24-21+,25-9+,29-26+. The number of aryl methyl sites for hydroxylation is 1. The van der Waals surface area contributed by atoms with E-state index in [0.717, 1.165) is 31.8 Å². The summed E-state index contributed by atoms with van der Waals surface area (Å²) in [6.07, 6.45) is 17.0. The zero-order valence-electron chi connectivity index (χ0n) is 19.9. The molecule has 0 N–H and O–H groups in total. The first-order valence-electron chi connectivity index (χ1n) is 11.5. The Morgan fingerprint density at radius 1 is 1.23 bits per heavy atom. The van der Waals surface area contributed by atoms with Crippen LogP contribution >= 0.6 is 0 Å². The maximum absolute atomic E-state index is 6.04. The van der Waals surface area contributed by atoms with Crippen LogP contribution in [-0.2, 0) is 4.74 Å². The number of ether oxygens (including phenoxy) is 1. The van der Waals surface area contributed by atoms with Gasteiger partial charge in [-0.3, -0.25) is 0 Å². The lowest BCUT2D eigenvalue weighted by Crippen LogP contribution is -2.22. The van der Waals surface area contributed by atoms with E-state index in [9.17, 15) is 0 Å². The molecule has 1 saturated carbocycles. The number of nitrogens with zero attached hydrogens (tertiary/aromatic N) is 1. The number of hydrogen-bond acceptors (Lipinski definition) is 2. The van der Waals surface area contributed by atoms with Crippen molar-refractivity contribution in [2.75, 3.05) is 13.2 Å². The van der Waals surface area contributed by atoms with Crippen molar-refractivity contribution >= 4 is 5.57 Å². The Labute approximate surface area is 190 Å². The van der Waals surface area contributed by atoms with Gasteiger partial charge in [-0.2, -0.15) is 0 Å². The monoisotopic (exact) mass is 417 g/mol. The first-order chi connectivity index (χ1) is 15.0. The zero-order valence-corrected chi connectivity index (χ0v) is 19.9. The second kappa shape index (κ2) is 12.8. The van der Waals surface area contributed by atoms with Crippen molar-refractivity contribution in [3.8, 4) is 0 Å². The van der Waals surface area contributed by atoms with Gasteiger partial charge in [-0.15, -0.1) is 0 Å². The second-order valence-corrected chi connectivity index (χ2v) is 8.10. The Balaban J connectivity index is 2.66. The van der Waals surface area contributed by atoms with Gasteiger partial charge in [0.2, 0.25) is 0 Å². The lowest BCUT2D eigenvalue weighted by atomic mass is 9.89. The molecule has 0 atom stereocenters. The molecule has 0 aliphatic heterocycles. The van der Waals surface area contributed by atoms with E-state index in [1.165, 1.54) is 40.7 Å². The summed E-state index contributed by atoms with van der Waals surface area (Å²) in [5.41, 5.74) is 6.18. The van der Waals surface area contributed by atoms with E-state index in [2.05, 4.69) is 88.2 Å². The van der Waals surface area contributed by atoms with Gasteiger partial charge in [0.1, 0.15) is 0 Å². The summed E-state index contributed by atoms with van der Waals surface area (Å²) in [6.45, 7) is 18.0. The molecule has 1 aromatic carbocycles. The molecule has 0 heterocycles. The van der Waals surface area contributed by atoms with Crippen LogP contribution in [0.25, 0.3) is 5.57 Å². The highest BCUT2D eigenvalue weighted by atomic mass is 16.5. The second-order valence-electron chi connectivity index (χ2n) is 8.10. The summed E-state index contributed by atoms with van der Waals surface area (Å²) < 4.78 is 6.04. The summed E-state index contributed by atoms with van der Waals surface area (Å²) in [5, 5.41) is 0. The molecule has 166 valence electrons. The SMILES string of the molecule is C=C\C=C/C(=C\C)C(=C(/C=C(\C)OCCCC)CN(C=C)C1CC1)/c1ccccc1C. The lowest BCUT2D eigenvalue weighted by Gasteiger charge is -2.24. The summed E-state index contributed by atoms with van der Waals surface area (Å²) in [4.78, 5) is 2.37. The van der Waals surface area contributed by atoms with Gasteiger partial charge < -0.3 is 9.64 Å². The topological polar surface area (TPSA) is 12.5 Å². The highest BCUT2D eigenvalue weighted by Crippen LogP contribution is 2.34. The van der Waals surface area contributed by atoms with Crippen molar-refractivity contribution in [1.29, 1.82) is 0 Å². The molecule has 31 heavy (non-hydrogen) atoms. The van der Waals surface area contributed by atoms with Crippen LogP contribution in [0.4, 0.5) is 0 Å². The van der Waals surface area contributed by atoms with Crippen LogP contribution in [0.2, 0.25) is 0 Å². The van der Waals surface area contributed by atoms with Crippen molar-refractivity contribution in [3.63, 3.8) is 0 Å². The normalized spacial score (nSPS) is 15.6. The zero-order chi connectivity index (χ0) is 22.6. The number of benzene rings is 1. The summed E-state index contributed by atoms with van der Waals surface area (Å²) in [5.74, 6) is 0.956. The Morgan fingerprint density at radius 2 is 1.97 bits per heavy atom. The predicted molar refractivity (Wildman–Crippen MR) is 136 cm³/mol. The van der Waals surface area contributed by atoms with E-state index in [0.29, 0.717) is 6.04 Å². The lowest BCUT2D eigenvalue weighted by molar-refractivity contribution is 0.209. The third-order valence-corrected chi connectivity index (χ3v) is 5.56. The molecule has 2 rings (SSSR count). The van der Waals surface area contributed by atoms with Gasteiger partial charge >= 0.3 is 0 Å². The minimum Gasteiger partial charge on any atom is -0.498 e. The third kappa shape index (κ3) is 7.47. The summed E-state index contributed by atoms with van der Waals surface area (Å²) in [7, 11) is 0. The fourth-order valence-corrected chi connectivity index (χ4v) is 3.67. The van der Waals surface area contributed by atoms with E-state index in [-0.39, 0.29) is 0 Å². The Kier molecular flexibility index (Phi) is 10.2. The highest BCUT2D eigenvalue weighted by molar-refractivity contribution is 5.87. The minimum absolute atomic E-state index is 0.595. The third-order valence-electron chi connectivity index (χ3n) is 5.56. The van der Waals surface area contributed by atoms with Gasteiger partial charge in [-0.05, 0) is 80.2 Å². The molecule has 0 spiro atoms. The molecule has 1 aliphatic rings. The van der Waals surface area contributed by atoms with E-state index in [4.69, 9.17) is 4.74 Å². The fraction of sp³-hybridized carbons (Fsp3) is 0.379. The Bertz CT molecular complexity index is 864. The van der Waals surface area contributed by atoms with Crippen LogP contribution in [0.5, 0.6) is 0 Å². The first-order valence-corrected chi connectivity index (χ1v) is 11.5. The molecule has 0 radical (unpaired) electrons. The van der Waals surface area contributed by atoms with Crippen molar-refractivity contribution in [2.45, 2.75) is 59.4 Å². The Hall–Kier alpha value is -2.74. The average molecular weight is 418 g/mol. The average Bonchev–Trinajstić information content (AvgIpc) is 3.60. The van der Waals surface area contributed by atoms with Gasteiger partial charge in [0, 0.05) is 12.6 Å². The van der Waals surface area contributed by atoms with Crippen molar-refractivity contribution < 1.29 is 4.74 Å². The largest absolute Gasteiger partial charge is 0.498 e. The molecule has 0 bridgehead atoms. The van der Waals surface area contributed by atoms with Crippen LogP contribution in [0.1, 0.15) is 57.6 Å². The maximum Gasteiger partial charge on any atom is 0.0932 e. The molecule has 1 aromatic rings. The fourth-order valence-electron chi connectivity index (χ4n) is 3.67. The van der Waals surface area contributed by atoms with Crippen molar-refractivity contribution in [1.82, 2.24) is 4.90 Å². The number of hydrogen-bond donors (Lipinski definition) is 0. The van der Waals surface area contributed by atoms with Gasteiger partial charge in [0.15, 0.2) is 0 Å². The Morgan fingerprint density at radius 3 is 2.55 bits per heavy atom. The van der Waals surface area contributed by atoms with E-state index >= 15 is 0 Å². The van der Waals surface area contributed by atoms with Crippen LogP contribution in [0.15, 0.2) is 90.9 Å². The van der Waals surface area contributed by atoms with Gasteiger partial charge in [-0.1, -0.05) is 75.1 Å². The van der Waals surface area contributed by atoms with Gasteiger partial charge in [-0.25, -0.2) is 0 Å². The van der Waals surface area contributed by atoms with E-state index in [1.807, 2.05) is 18.4 Å². The molecular formula is C29H39NO. The molecule has 1 fully saturated rings. The molecule has 0 unspecified atom stereocenters. The molecule has 0 saturated heterocycles. The van der Waals surface area contributed by atoms with Crippen molar-refractivity contribution in [2.24, 2.45) is 0 Å². The van der Waals surface area contributed by atoms with Crippen LogP contribution in [0, 0.1) is 6.92 Å². The molecule has 2 heteroatoms. The first kappa shape index (κ1) is 24.5. The summed E-state index contributed by atoms with van der Waals surface area (Å²) in [6, 6.07) is 9.20. The minimum atomic E-state index is 0.595. The quantitative estimate of drug-likeness (QED) is 0.185. The molecule has 0 amide bonds. The van der Waals surface area contributed by atoms with Crippen LogP contribution < -0.4 is 0 Å². The molecule has 2 nitrogen and oxygen atoms in total. The van der Waals surface area contributed by atoms with Crippen molar-refractivity contribution in [3.05, 3.63) is 102 Å². The number of allylic oxidation sites excluding steroid dienone is 7. The molecule has 1 aliphatic carbocycles. The van der Waals surface area contributed by atoms with E-state index in [1.54, 1.807) is 0 Å². The molecule has 0 aromatic heterocycles. The van der Waals surface area contributed by atoms with E-state index < -0.39 is 0 Å². The van der Waals surface area contributed by atoms with Gasteiger partial charge in [0.05, 0.1) is 12.4 Å². The smallest absolute Gasteiger partial charge is 0.0932 e. The molecular weight excluding hydrogens is 378 g/mol.